The molecule has 0 bridgehead atoms. The maximum absolute atomic E-state index is 12.7. The number of hydrogen-bond donors (Lipinski definition) is 2. The standard InChI is InChI=1S/C25H27F3N4O/c1-17-10-12-18(13-11-17)16-29-23-15-22(19-6-5-9-21(14-19)33-25(26,27)28)31-24(32-23)30-20-7-3-2-4-8-20/h5-6,9-15,20H,2-4,7-8,16H2,1H3,(H2,29,30,31,32). The molecule has 33 heavy (non-hydrogen) atoms. The highest BCUT2D eigenvalue weighted by Crippen LogP contribution is 2.29. The van der Waals surface area contributed by atoms with Crippen LogP contribution in [0.4, 0.5) is 24.9 Å². The van der Waals surface area contributed by atoms with Crippen molar-refractivity contribution in [2.45, 2.75) is 58.0 Å². The van der Waals surface area contributed by atoms with E-state index in [9.17, 15) is 13.2 Å². The number of ether oxygens (including phenoxy) is 1. The van der Waals surface area contributed by atoms with E-state index in [1.54, 1.807) is 12.1 Å². The lowest BCUT2D eigenvalue weighted by molar-refractivity contribution is -0.274. The van der Waals surface area contributed by atoms with Crippen LogP contribution in [0.25, 0.3) is 11.3 Å². The first kappa shape index (κ1) is 22.9. The summed E-state index contributed by atoms with van der Waals surface area (Å²) in [7, 11) is 0. The van der Waals surface area contributed by atoms with Crippen molar-refractivity contribution in [1.82, 2.24) is 9.97 Å². The van der Waals surface area contributed by atoms with E-state index in [1.165, 1.54) is 30.2 Å². The summed E-state index contributed by atoms with van der Waals surface area (Å²) in [6, 6.07) is 16.1. The fourth-order valence-electron chi connectivity index (χ4n) is 3.93. The Labute approximate surface area is 191 Å². The van der Waals surface area contributed by atoms with Crippen LogP contribution in [0.3, 0.4) is 0 Å². The maximum atomic E-state index is 12.7. The van der Waals surface area contributed by atoms with Crippen LogP contribution < -0.4 is 15.4 Å². The number of hydrogen-bond acceptors (Lipinski definition) is 5. The van der Waals surface area contributed by atoms with E-state index in [0.717, 1.165) is 31.2 Å². The summed E-state index contributed by atoms with van der Waals surface area (Å²) in [5, 5.41) is 6.74. The summed E-state index contributed by atoms with van der Waals surface area (Å²) in [4.78, 5) is 9.23. The molecule has 0 unspecified atom stereocenters. The van der Waals surface area contributed by atoms with E-state index in [2.05, 4.69) is 25.3 Å². The number of nitrogens with one attached hydrogen (secondary N) is 2. The zero-order chi connectivity index (χ0) is 23.3. The van der Waals surface area contributed by atoms with Crippen LogP contribution in [0, 0.1) is 6.92 Å². The van der Waals surface area contributed by atoms with Gasteiger partial charge >= 0.3 is 6.36 Å². The molecule has 3 aromatic rings. The van der Waals surface area contributed by atoms with Gasteiger partial charge in [0, 0.05) is 24.2 Å². The van der Waals surface area contributed by atoms with Crippen molar-refractivity contribution in [3.8, 4) is 17.0 Å². The largest absolute Gasteiger partial charge is 0.573 e. The minimum absolute atomic E-state index is 0.283. The molecule has 8 heteroatoms. The van der Waals surface area contributed by atoms with Crippen molar-refractivity contribution in [2.24, 2.45) is 0 Å². The van der Waals surface area contributed by atoms with Gasteiger partial charge in [-0.2, -0.15) is 4.98 Å². The molecule has 1 fully saturated rings. The molecular weight excluding hydrogens is 429 g/mol. The highest BCUT2D eigenvalue weighted by atomic mass is 19.4. The predicted molar refractivity (Wildman–Crippen MR) is 123 cm³/mol. The van der Waals surface area contributed by atoms with E-state index in [4.69, 9.17) is 0 Å². The Hall–Kier alpha value is -3.29. The normalized spacial score (nSPS) is 14.7. The number of aryl methyl sites for hydroxylation is 1. The molecule has 0 atom stereocenters. The SMILES string of the molecule is Cc1ccc(CNc2cc(-c3cccc(OC(F)(F)F)c3)nc(NC3CCCCC3)n2)cc1. The van der Waals surface area contributed by atoms with Gasteiger partial charge in [0.25, 0.3) is 0 Å². The molecule has 0 spiro atoms. The second-order valence-corrected chi connectivity index (χ2v) is 8.36. The highest BCUT2D eigenvalue weighted by molar-refractivity contribution is 5.66. The number of alkyl halides is 3. The number of anilines is 2. The van der Waals surface area contributed by atoms with E-state index in [1.807, 2.05) is 31.2 Å². The Bertz CT molecular complexity index is 1060. The number of aromatic nitrogens is 2. The zero-order valence-corrected chi connectivity index (χ0v) is 18.5. The van der Waals surface area contributed by atoms with Gasteiger partial charge in [-0.1, -0.05) is 61.2 Å². The molecule has 0 aliphatic heterocycles. The summed E-state index contributed by atoms with van der Waals surface area (Å²) in [5.74, 6) is 0.781. The van der Waals surface area contributed by atoms with Gasteiger partial charge in [-0.3, -0.25) is 0 Å². The van der Waals surface area contributed by atoms with Gasteiger partial charge in [0.1, 0.15) is 11.6 Å². The molecule has 4 rings (SSSR count). The third kappa shape index (κ3) is 6.84. The van der Waals surface area contributed by atoms with Crippen molar-refractivity contribution in [3.63, 3.8) is 0 Å². The average Bonchev–Trinajstić information content (AvgIpc) is 2.78. The Kier molecular flexibility index (Phi) is 7.01. The fourth-order valence-corrected chi connectivity index (χ4v) is 3.93. The molecule has 1 aliphatic rings. The number of rotatable bonds is 7. The number of halogens is 3. The molecule has 0 radical (unpaired) electrons. The molecular formula is C25H27F3N4O. The molecule has 1 heterocycles. The lowest BCUT2D eigenvalue weighted by Gasteiger charge is -2.23. The molecule has 0 amide bonds. The topological polar surface area (TPSA) is 59.1 Å². The zero-order valence-electron chi connectivity index (χ0n) is 18.5. The first-order valence-corrected chi connectivity index (χ1v) is 11.2. The monoisotopic (exact) mass is 456 g/mol. The van der Waals surface area contributed by atoms with Crippen LogP contribution in [0.15, 0.2) is 54.6 Å². The molecule has 1 aromatic heterocycles. The maximum Gasteiger partial charge on any atom is 0.573 e. The van der Waals surface area contributed by atoms with Crippen molar-refractivity contribution in [2.75, 3.05) is 10.6 Å². The van der Waals surface area contributed by atoms with E-state index < -0.39 is 6.36 Å². The summed E-state index contributed by atoms with van der Waals surface area (Å²) < 4.78 is 42.1. The molecule has 2 N–H and O–H groups in total. The third-order valence-electron chi connectivity index (χ3n) is 5.62. The van der Waals surface area contributed by atoms with Gasteiger partial charge in [0.15, 0.2) is 0 Å². The average molecular weight is 457 g/mol. The number of benzene rings is 2. The van der Waals surface area contributed by atoms with Crippen molar-refractivity contribution < 1.29 is 17.9 Å². The quantitative estimate of drug-likeness (QED) is 0.414. The van der Waals surface area contributed by atoms with E-state index >= 15 is 0 Å². The Morgan fingerprint density at radius 2 is 1.73 bits per heavy atom. The molecule has 2 aromatic carbocycles. The van der Waals surface area contributed by atoms with Crippen LogP contribution in [-0.2, 0) is 6.54 Å². The van der Waals surface area contributed by atoms with E-state index in [-0.39, 0.29) is 5.75 Å². The number of nitrogens with zero attached hydrogens (tertiary/aromatic N) is 2. The van der Waals surface area contributed by atoms with Crippen LogP contribution in [-0.4, -0.2) is 22.4 Å². The molecule has 5 nitrogen and oxygen atoms in total. The first-order chi connectivity index (χ1) is 15.8. The van der Waals surface area contributed by atoms with Crippen molar-refractivity contribution in [3.05, 3.63) is 65.7 Å². The minimum Gasteiger partial charge on any atom is -0.406 e. The van der Waals surface area contributed by atoms with Gasteiger partial charge in [-0.25, -0.2) is 4.98 Å². The van der Waals surface area contributed by atoms with E-state index in [0.29, 0.717) is 35.6 Å². The summed E-state index contributed by atoms with van der Waals surface area (Å²) in [6.07, 6.45) is 0.899. The van der Waals surface area contributed by atoms with Gasteiger partial charge in [0.2, 0.25) is 5.95 Å². The van der Waals surface area contributed by atoms with Gasteiger partial charge in [-0.05, 0) is 37.5 Å². The summed E-state index contributed by atoms with van der Waals surface area (Å²) in [6.45, 7) is 2.60. The van der Waals surface area contributed by atoms with Crippen molar-refractivity contribution >= 4 is 11.8 Å². The van der Waals surface area contributed by atoms with Crippen LogP contribution >= 0.6 is 0 Å². The summed E-state index contributed by atoms with van der Waals surface area (Å²) in [5.41, 5.74) is 3.32. The fraction of sp³-hybridized carbons (Fsp3) is 0.360. The smallest absolute Gasteiger partial charge is 0.406 e. The van der Waals surface area contributed by atoms with Crippen LogP contribution in [0.2, 0.25) is 0 Å². The van der Waals surface area contributed by atoms with Crippen LogP contribution in [0.5, 0.6) is 5.75 Å². The highest BCUT2D eigenvalue weighted by Gasteiger charge is 2.31. The second kappa shape index (κ2) is 10.1. The van der Waals surface area contributed by atoms with Gasteiger partial charge in [-0.15, -0.1) is 13.2 Å². The second-order valence-electron chi connectivity index (χ2n) is 8.36. The minimum atomic E-state index is -4.75. The molecule has 1 saturated carbocycles. The first-order valence-electron chi connectivity index (χ1n) is 11.2. The Balaban J connectivity index is 1.60. The lowest BCUT2D eigenvalue weighted by Crippen LogP contribution is -2.23. The Morgan fingerprint density at radius 3 is 2.45 bits per heavy atom. The van der Waals surface area contributed by atoms with Gasteiger partial charge in [0.05, 0.1) is 5.69 Å². The lowest BCUT2D eigenvalue weighted by atomic mass is 9.96. The Morgan fingerprint density at radius 1 is 0.970 bits per heavy atom. The molecule has 174 valence electrons. The molecule has 1 aliphatic carbocycles. The van der Waals surface area contributed by atoms with Gasteiger partial charge < -0.3 is 15.4 Å². The summed E-state index contributed by atoms with van der Waals surface area (Å²) >= 11 is 0. The molecule has 0 saturated heterocycles. The van der Waals surface area contributed by atoms with Crippen molar-refractivity contribution in [1.29, 1.82) is 0 Å². The predicted octanol–water partition coefficient (Wildman–Crippen LogP) is 6.71. The van der Waals surface area contributed by atoms with Crippen LogP contribution in [0.1, 0.15) is 43.2 Å². The third-order valence-corrected chi connectivity index (χ3v) is 5.62.